The number of carbonyl (C=O) groups is 2. The fourth-order valence-corrected chi connectivity index (χ4v) is 6.16. The first-order chi connectivity index (χ1) is 22.6. The largest absolute Gasteiger partial charge is 0.496 e. The molecule has 2 amide bonds. The number of benzene rings is 2. The van der Waals surface area contributed by atoms with Crippen LogP contribution in [0.4, 0.5) is 15.8 Å². The number of imidazole rings is 1. The number of halogens is 2. The van der Waals surface area contributed by atoms with Crippen molar-refractivity contribution in [1.29, 1.82) is 0 Å². The molecule has 2 aliphatic heterocycles. The number of hydrogen-bond donors (Lipinski definition) is 3. The van der Waals surface area contributed by atoms with Crippen LogP contribution in [0.1, 0.15) is 43.6 Å². The number of methoxy groups -OCH3 is 1. The summed E-state index contributed by atoms with van der Waals surface area (Å²) in [4.78, 5) is 37.7. The molecule has 0 saturated carbocycles. The van der Waals surface area contributed by atoms with Crippen LogP contribution in [0.25, 0.3) is 11.1 Å². The highest BCUT2D eigenvalue weighted by molar-refractivity contribution is 6.36. The van der Waals surface area contributed by atoms with E-state index >= 15 is 0 Å². The van der Waals surface area contributed by atoms with E-state index < -0.39 is 11.6 Å². The van der Waals surface area contributed by atoms with Crippen LogP contribution < -0.4 is 20.7 Å². The van der Waals surface area contributed by atoms with Gasteiger partial charge in [0.15, 0.2) is 11.5 Å². The quantitative estimate of drug-likeness (QED) is 0.222. The number of hydrogen-bond acceptors (Lipinski definition) is 8. The van der Waals surface area contributed by atoms with Crippen LogP contribution >= 0.6 is 11.6 Å². The number of nitrogens with zero attached hydrogens (tertiary/aromatic N) is 4. The average molecular weight is 662 g/mol. The number of fused-ring (bicyclic) bond motifs is 1. The molecule has 2 aliphatic rings. The summed E-state index contributed by atoms with van der Waals surface area (Å²) in [6.07, 6.45) is 2.38. The Morgan fingerprint density at radius 2 is 1.81 bits per heavy atom. The Balaban J connectivity index is 1.17. The zero-order valence-corrected chi connectivity index (χ0v) is 27.5. The van der Waals surface area contributed by atoms with Gasteiger partial charge in [0.25, 0.3) is 11.8 Å². The SMILES string of the molecule is COc1cc(C(=O)Nc2cccc(-c3cccc(NC(=O)c4nc5c(n4C)CCN(C)C5)c3Cl)c2C)ncc1CNCC1(F)COC1. The molecule has 13 heteroatoms. The Morgan fingerprint density at radius 3 is 2.53 bits per heavy atom. The van der Waals surface area contributed by atoms with Gasteiger partial charge in [-0.3, -0.25) is 14.6 Å². The number of rotatable bonds is 10. The maximum Gasteiger partial charge on any atom is 0.291 e. The summed E-state index contributed by atoms with van der Waals surface area (Å²) in [5.74, 6) is 0.0301. The zero-order chi connectivity index (χ0) is 33.3. The summed E-state index contributed by atoms with van der Waals surface area (Å²) in [6, 6.07) is 12.5. The van der Waals surface area contributed by atoms with Crippen molar-refractivity contribution in [2.75, 3.05) is 51.1 Å². The van der Waals surface area contributed by atoms with Crippen LogP contribution in [-0.2, 0) is 31.3 Å². The molecule has 0 spiro atoms. The van der Waals surface area contributed by atoms with Gasteiger partial charge < -0.3 is 34.9 Å². The Hall–Kier alpha value is -4.36. The van der Waals surface area contributed by atoms with Gasteiger partial charge in [0.2, 0.25) is 0 Å². The summed E-state index contributed by atoms with van der Waals surface area (Å²) >= 11 is 6.89. The fourth-order valence-electron chi connectivity index (χ4n) is 5.88. The number of aromatic nitrogens is 3. The lowest BCUT2D eigenvalue weighted by Gasteiger charge is -2.33. The van der Waals surface area contributed by atoms with Gasteiger partial charge in [-0.15, -0.1) is 0 Å². The van der Waals surface area contributed by atoms with Gasteiger partial charge in [-0.25, -0.2) is 9.37 Å². The fraction of sp³-hybridized carbons (Fsp3) is 0.353. The van der Waals surface area contributed by atoms with Crippen LogP contribution in [0.5, 0.6) is 5.75 Å². The minimum atomic E-state index is -1.36. The molecule has 0 aliphatic carbocycles. The van der Waals surface area contributed by atoms with E-state index in [1.54, 1.807) is 24.4 Å². The first-order valence-corrected chi connectivity index (χ1v) is 15.7. The predicted molar refractivity (Wildman–Crippen MR) is 178 cm³/mol. The molecule has 3 N–H and O–H groups in total. The first-order valence-electron chi connectivity index (χ1n) is 15.3. The molecule has 47 heavy (non-hydrogen) atoms. The minimum absolute atomic E-state index is 0.0783. The van der Waals surface area contributed by atoms with Crippen molar-refractivity contribution in [2.45, 2.75) is 32.1 Å². The van der Waals surface area contributed by atoms with Crippen molar-refractivity contribution in [3.8, 4) is 16.9 Å². The van der Waals surface area contributed by atoms with Crippen LogP contribution in [0.3, 0.4) is 0 Å². The Kier molecular flexibility index (Phi) is 9.29. The number of likely N-dealkylation sites (N-methyl/N-ethyl adjacent to an activating group) is 1. The van der Waals surface area contributed by atoms with Crippen LogP contribution in [0.2, 0.25) is 5.02 Å². The van der Waals surface area contributed by atoms with E-state index in [-0.39, 0.29) is 31.4 Å². The third kappa shape index (κ3) is 6.72. The summed E-state index contributed by atoms with van der Waals surface area (Å²) in [5.41, 5.74) is 4.76. The number of pyridine rings is 1. The molecule has 4 heterocycles. The number of amides is 2. The number of ether oxygens (including phenoxy) is 2. The van der Waals surface area contributed by atoms with Crippen LogP contribution in [0.15, 0.2) is 48.7 Å². The van der Waals surface area contributed by atoms with Gasteiger partial charge in [-0.05, 0) is 37.2 Å². The molecule has 0 radical (unpaired) electrons. The van der Waals surface area contributed by atoms with Gasteiger partial charge in [-0.1, -0.05) is 35.9 Å². The molecule has 11 nitrogen and oxygen atoms in total. The topological polar surface area (TPSA) is 123 Å². The highest BCUT2D eigenvalue weighted by Gasteiger charge is 2.38. The lowest BCUT2D eigenvalue weighted by atomic mass is 9.98. The molecular weight excluding hydrogens is 625 g/mol. The molecule has 4 aromatic rings. The van der Waals surface area contributed by atoms with E-state index in [4.69, 9.17) is 21.1 Å². The van der Waals surface area contributed by atoms with Crippen molar-refractivity contribution in [3.63, 3.8) is 0 Å². The molecule has 6 rings (SSSR count). The highest BCUT2D eigenvalue weighted by Crippen LogP contribution is 2.38. The molecule has 0 bridgehead atoms. The van der Waals surface area contributed by atoms with Gasteiger partial charge >= 0.3 is 0 Å². The third-order valence-electron chi connectivity index (χ3n) is 8.64. The number of carbonyl (C=O) groups excluding carboxylic acids is 2. The maximum absolute atomic E-state index is 14.2. The van der Waals surface area contributed by atoms with Crippen LogP contribution in [-0.4, -0.2) is 77.4 Å². The number of nitrogens with one attached hydrogen (secondary N) is 3. The molecule has 2 aromatic carbocycles. The van der Waals surface area contributed by atoms with Crippen molar-refractivity contribution >= 4 is 34.8 Å². The van der Waals surface area contributed by atoms with Gasteiger partial charge in [0.05, 0.1) is 36.7 Å². The monoisotopic (exact) mass is 661 g/mol. The standard InChI is InChI=1S/C34H37ClFN7O4/c1-20-22(23-8-6-10-25(30(23)35)41-33(45)31-39-27-16-42(2)12-11-28(27)43(31)3)7-5-9-24(20)40-32(44)26-13-29(46-4)21(15-38-26)14-37-17-34(36)18-47-19-34/h5-10,13,15,37H,11-12,14,16-19H2,1-4H3,(H,40,44)(H,41,45). The van der Waals surface area contributed by atoms with Gasteiger partial charge in [0, 0.05) is 74.4 Å². The third-order valence-corrected chi connectivity index (χ3v) is 9.05. The predicted octanol–water partition coefficient (Wildman–Crippen LogP) is 4.77. The van der Waals surface area contributed by atoms with Crippen molar-refractivity contribution in [3.05, 3.63) is 87.7 Å². The summed E-state index contributed by atoms with van der Waals surface area (Å²) in [5, 5.41) is 9.31. The minimum Gasteiger partial charge on any atom is -0.496 e. The Bertz CT molecular complexity index is 1840. The second-order valence-corrected chi connectivity index (χ2v) is 12.4. The normalized spacial score (nSPS) is 15.4. The molecule has 246 valence electrons. The van der Waals surface area contributed by atoms with Crippen molar-refractivity contribution in [2.24, 2.45) is 7.05 Å². The van der Waals surface area contributed by atoms with Crippen molar-refractivity contribution in [1.82, 2.24) is 24.8 Å². The zero-order valence-electron chi connectivity index (χ0n) is 26.7. The Labute approximate surface area is 277 Å². The molecule has 0 unspecified atom stereocenters. The summed E-state index contributed by atoms with van der Waals surface area (Å²) < 4.78 is 26.5. The smallest absolute Gasteiger partial charge is 0.291 e. The van der Waals surface area contributed by atoms with Gasteiger partial charge in [0.1, 0.15) is 11.4 Å². The lowest BCUT2D eigenvalue weighted by molar-refractivity contribution is -0.127. The molecule has 1 fully saturated rings. The van der Waals surface area contributed by atoms with Crippen molar-refractivity contribution < 1.29 is 23.5 Å². The van der Waals surface area contributed by atoms with Crippen LogP contribution in [0, 0.1) is 6.92 Å². The summed E-state index contributed by atoms with van der Waals surface area (Å²) in [7, 11) is 5.40. The molecule has 0 atom stereocenters. The molecule has 2 aromatic heterocycles. The van der Waals surface area contributed by atoms with E-state index in [9.17, 15) is 14.0 Å². The van der Waals surface area contributed by atoms with E-state index in [0.29, 0.717) is 52.2 Å². The van der Waals surface area contributed by atoms with E-state index in [0.717, 1.165) is 35.5 Å². The molecular formula is C34H37ClFN7O4. The second-order valence-electron chi connectivity index (χ2n) is 12.1. The van der Waals surface area contributed by atoms with E-state index in [2.05, 4.69) is 30.8 Å². The number of anilines is 2. The summed E-state index contributed by atoms with van der Waals surface area (Å²) in [6.45, 7) is 4.13. The second kappa shape index (κ2) is 13.4. The Morgan fingerprint density at radius 1 is 1.09 bits per heavy atom. The van der Waals surface area contributed by atoms with Gasteiger partial charge in [-0.2, -0.15) is 0 Å². The lowest BCUT2D eigenvalue weighted by Crippen LogP contribution is -2.52. The maximum atomic E-state index is 14.2. The van der Waals surface area contributed by atoms with E-state index in [1.807, 2.05) is 49.9 Å². The number of alkyl halides is 1. The average Bonchev–Trinajstić information content (AvgIpc) is 3.37. The van der Waals surface area contributed by atoms with E-state index in [1.165, 1.54) is 7.11 Å². The first kappa shape index (κ1) is 32.6. The molecule has 1 saturated heterocycles. The highest BCUT2D eigenvalue weighted by atomic mass is 35.5.